The Morgan fingerprint density at radius 2 is 2.22 bits per heavy atom. The molecule has 0 aliphatic carbocycles. The van der Waals surface area contributed by atoms with Gasteiger partial charge in [0, 0.05) is 5.57 Å². The van der Waals surface area contributed by atoms with Crippen LogP contribution in [0.3, 0.4) is 0 Å². The Kier molecular flexibility index (Phi) is 5.34. The molecule has 0 aromatic heterocycles. The van der Waals surface area contributed by atoms with Gasteiger partial charge in [0.05, 0.1) is 0 Å². The van der Waals surface area contributed by atoms with Crippen molar-refractivity contribution in [3.05, 3.63) is 34.5 Å². The number of allylic oxidation sites excluding steroid dienone is 4. The van der Waals surface area contributed by atoms with E-state index in [-0.39, 0.29) is 0 Å². The molecule has 0 aliphatic rings. The molecular formula is C8H7I. The van der Waals surface area contributed by atoms with Gasteiger partial charge in [-0.15, -0.1) is 6.42 Å². The van der Waals surface area contributed by atoms with Crippen molar-refractivity contribution in [3.63, 3.8) is 0 Å². The number of terminal acetylenes is 1. The molecule has 0 N–H and O–H groups in total. The van der Waals surface area contributed by atoms with Crippen LogP contribution in [0.25, 0.3) is 0 Å². The van der Waals surface area contributed by atoms with Gasteiger partial charge in [-0.25, -0.2) is 0 Å². The molecule has 0 radical (unpaired) electrons. The summed E-state index contributed by atoms with van der Waals surface area (Å²) >= 11 is 2.13. The molecule has 0 fully saturated rings. The van der Waals surface area contributed by atoms with E-state index in [0.717, 1.165) is 0 Å². The Bertz CT molecular complexity index is 179. The third-order valence-electron chi connectivity index (χ3n) is 0.667. The van der Waals surface area contributed by atoms with E-state index in [0.29, 0.717) is 5.57 Å². The van der Waals surface area contributed by atoms with Gasteiger partial charge < -0.3 is 0 Å². The fraction of sp³-hybridized carbons (Fsp3) is 0. The van der Waals surface area contributed by atoms with Crippen molar-refractivity contribution in [2.45, 2.75) is 0 Å². The summed E-state index contributed by atoms with van der Waals surface area (Å²) in [5.41, 5.74) is 0.699. The summed E-state index contributed by atoms with van der Waals surface area (Å²) in [6.07, 6.45) is 10.6. The van der Waals surface area contributed by atoms with Crippen molar-refractivity contribution in [2.24, 2.45) is 0 Å². The third kappa shape index (κ3) is 5.38. The minimum absolute atomic E-state index is 0.699. The molecule has 1 heteroatoms. The van der Waals surface area contributed by atoms with E-state index in [1.54, 1.807) is 6.08 Å². The van der Waals surface area contributed by atoms with E-state index in [2.05, 4.69) is 35.1 Å². The predicted molar refractivity (Wildman–Crippen MR) is 50.3 cm³/mol. The van der Waals surface area contributed by atoms with Gasteiger partial charge in [0.1, 0.15) is 0 Å². The first-order valence-corrected chi connectivity index (χ1v) is 3.64. The molecule has 0 unspecified atom stereocenters. The summed E-state index contributed by atoms with van der Waals surface area (Å²) in [7, 11) is 0. The summed E-state index contributed by atoms with van der Waals surface area (Å²) in [5, 5.41) is 0. The maximum absolute atomic E-state index is 5.03. The molecule has 0 saturated heterocycles. The van der Waals surface area contributed by atoms with Gasteiger partial charge >= 0.3 is 0 Å². The Balaban J connectivity index is 3.75. The van der Waals surface area contributed by atoms with Gasteiger partial charge in [-0.3, -0.25) is 0 Å². The molecule has 0 atom stereocenters. The van der Waals surface area contributed by atoms with Crippen molar-refractivity contribution >= 4 is 22.6 Å². The molecule has 0 nitrogen and oxygen atoms in total. The van der Waals surface area contributed by atoms with Crippen LogP contribution in [-0.2, 0) is 0 Å². The first-order valence-electron chi connectivity index (χ1n) is 2.40. The van der Waals surface area contributed by atoms with Gasteiger partial charge in [-0.1, -0.05) is 47.2 Å². The Labute approximate surface area is 69.5 Å². The molecular weight excluding hydrogens is 223 g/mol. The molecule has 0 bridgehead atoms. The molecule has 0 rings (SSSR count). The van der Waals surface area contributed by atoms with Crippen molar-refractivity contribution in [1.29, 1.82) is 0 Å². The Morgan fingerprint density at radius 1 is 1.56 bits per heavy atom. The number of hydrogen-bond acceptors (Lipinski definition) is 0. The molecule has 9 heavy (non-hydrogen) atoms. The van der Waals surface area contributed by atoms with Gasteiger partial charge in [-0.2, -0.15) is 0 Å². The molecule has 0 aromatic rings. The number of halogens is 1. The maximum Gasteiger partial charge on any atom is 0.0170 e. The monoisotopic (exact) mass is 230 g/mol. The molecule has 0 saturated carbocycles. The van der Waals surface area contributed by atoms with Crippen LogP contribution in [0.4, 0.5) is 0 Å². The van der Waals surface area contributed by atoms with Crippen LogP contribution in [0, 0.1) is 12.3 Å². The fourth-order valence-electron chi connectivity index (χ4n) is 0.262. The van der Waals surface area contributed by atoms with Crippen molar-refractivity contribution in [1.82, 2.24) is 0 Å². The number of hydrogen-bond donors (Lipinski definition) is 0. The minimum Gasteiger partial charge on any atom is -0.115 e. The standard InChI is InChI=1S/C8H7I/c1-3-8(2)6-4-5-7-9/h1,4-7H,2H2/b6-4-,7-5-. The minimum atomic E-state index is 0.699. The summed E-state index contributed by atoms with van der Waals surface area (Å²) in [6, 6.07) is 0. The number of rotatable bonds is 2. The highest BCUT2D eigenvalue weighted by atomic mass is 127. The van der Waals surface area contributed by atoms with Gasteiger partial charge in [0.15, 0.2) is 0 Å². The maximum atomic E-state index is 5.03. The molecule has 0 amide bonds. The molecule has 0 spiro atoms. The van der Waals surface area contributed by atoms with Crippen LogP contribution in [0.5, 0.6) is 0 Å². The van der Waals surface area contributed by atoms with Crippen LogP contribution >= 0.6 is 22.6 Å². The second-order valence-electron chi connectivity index (χ2n) is 1.35. The zero-order valence-electron chi connectivity index (χ0n) is 4.97. The topological polar surface area (TPSA) is 0 Å². The van der Waals surface area contributed by atoms with E-state index in [1.807, 2.05) is 16.2 Å². The third-order valence-corrected chi connectivity index (χ3v) is 1.08. The summed E-state index contributed by atoms with van der Waals surface area (Å²) < 4.78 is 1.90. The van der Waals surface area contributed by atoms with E-state index in [4.69, 9.17) is 6.42 Å². The predicted octanol–water partition coefficient (Wildman–Crippen LogP) is 2.68. The normalized spacial score (nSPS) is 10.2. The fourth-order valence-corrected chi connectivity index (χ4v) is 0.502. The molecule has 0 aromatic carbocycles. The highest BCUT2D eigenvalue weighted by Crippen LogP contribution is 1.91. The molecule has 0 aliphatic heterocycles. The molecule has 46 valence electrons. The first kappa shape index (κ1) is 8.51. The van der Waals surface area contributed by atoms with Crippen molar-refractivity contribution in [3.8, 4) is 12.3 Å². The highest BCUT2D eigenvalue weighted by molar-refractivity contribution is 14.1. The lowest BCUT2D eigenvalue weighted by Crippen LogP contribution is -1.61. The smallest absolute Gasteiger partial charge is 0.0170 e. The second-order valence-corrected chi connectivity index (χ2v) is 2.07. The van der Waals surface area contributed by atoms with Crippen LogP contribution in [0.1, 0.15) is 0 Å². The molecule has 0 heterocycles. The van der Waals surface area contributed by atoms with Crippen LogP contribution in [0.2, 0.25) is 0 Å². The van der Waals surface area contributed by atoms with Crippen LogP contribution in [-0.4, -0.2) is 0 Å². The Morgan fingerprint density at radius 3 is 2.67 bits per heavy atom. The van der Waals surface area contributed by atoms with E-state index in [9.17, 15) is 0 Å². The lowest BCUT2D eigenvalue weighted by Gasteiger charge is -1.78. The van der Waals surface area contributed by atoms with Gasteiger partial charge in [0.25, 0.3) is 0 Å². The zero-order chi connectivity index (χ0) is 7.11. The summed E-state index contributed by atoms with van der Waals surface area (Å²) in [5.74, 6) is 2.41. The van der Waals surface area contributed by atoms with Crippen LogP contribution in [0.15, 0.2) is 34.5 Å². The van der Waals surface area contributed by atoms with E-state index >= 15 is 0 Å². The quantitative estimate of drug-likeness (QED) is 0.388. The first-order chi connectivity index (χ1) is 4.31. The lowest BCUT2D eigenvalue weighted by atomic mass is 10.3. The SMILES string of the molecule is C#CC(=C)/C=C\C=C/I. The second kappa shape index (κ2) is 5.64. The van der Waals surface area contributed by atoms with E-state index < -0.39 is 0 Å². The summed E-state index contributed by atoms with van der Waals surface area (Å²) in [4.78, 5) is 0. The van der Waals surface area contributed by atoms with Gasteiger partial charge in [-0.05, 0) is 10.2 Å². The van der Waals surface area contributed by atoms with Gasteiger partial charge in [0.2, 0.25) is 0 Å². The lowest BCUT2D eigenvalue weighted by molar-refractivity contribution is 1.83. The highest BCUT2D eigenvalue weighted by Gasteiger charge is 1.71. The zero-order valence-corrected chi connectivity index (χ0v) is 7.13. The largest absolute Gasteiger partial charge is 0.115 e. The van der Waals surface area contributed by atoms with E-state index in [1.165, 1.54) is 0 Å². The average Bonchev–Trinajstić information content (AvgIpc) is 1.89. The van der Waals surface area contributed by atoms with Crippen LogP contribution < -0.4 is 0 Å². The Hall–Kier alpha value is -0.490. The summed E-state index contributed by atoms with van der Waals surface area (Å²) in [6.45, 7) is 3.59. The average molecular weight is 230 g/mol. The van der Waals surface area contributed by atoms with Crippen molar-refractivity contribution < 1.29 is 0 Å². The van der Waals surface area contributed by atoms with Crippen molar-refractivity contribution in [2.75, 3.05) is 0 Å².